The van der Waals surface area contributed by atoms with Gasteiger partial charge in [-0.3, -0.25) is 9.59 Å². The van der Waals surface area contributed by atoms with Gasteiger partial charge in [0.05, 0.1) is 5.69 Å². The molecule has 0 saturated carbocycles. The van der Waals surface area contributed by atoms with Gasteiger partial charge in [-0.25, -0.2) is 4.39 Å². The Bertz CT molecular complexity index is 729. The minimum Gasteiger partial charge on any atom is -0.399 e. The molecule has 6 heteroatoms. The van der Waals surface area contributed by atoms with Crippen molar-refractivity contribution in [2.75, 3.05) is 11.1 Å². The van der Waals surface area contributed by atoms with Crippen molar-refractivity contribution in [3.05, 3.63) is 58.9 Å². The van der Waals surface area contributed by atoms with Crippen molar-refractivity contribution in [2.24, 2.45) is 5.73 Å². The molecule has 2 amide bonds. The van der Waals surface area contributed by atoms with Crippen LogP contribution in [0.25, 0.3) is 0 Å². The van der Waals surface area contributed by atoms with Crippen LogP contribution in [0.5, 0.6) is 0 Å². The predicted molar refractivity (Wildman–Crippen MR) is 78.5 cm³/mol. The third-order valence-corrected chi connectivity index (χ3v) is 3.03. The summed E-state index contributed by atoms with van der Waals surface area (Å²) in [5.41, 5.74) is 12.5. The van der Waals surface area contributed by atoms with Crippen molar-refractivity contribution < 1.29 is 14.0 Å². The molecule has 0 aliphatic rings. The van der Waals surface area contributed by atoms with Crippen molar-refractivity contribution in [3.8, 4) is 0 Å². The van der Waals surface area contributed by atoms with E-state index in [2.05, 4.69) is 5.32 Å². The van der Waals surface area contributed by atoms with Gasteiger partial charge in [0.1, 0.15) is 5.82 Å². The SMILES string of the molecule is Cc1cc(C(=O)Nc2cc(C(N)=O)ccc2F)ccc1N. The first-order chi connectivity index (χ1) is 9.88. The molecule has 0 spiro atoms. The first-order valence-electron chi connectivity index (χ1n) is 6.15. The molecule has 5 N–H and O–H groups in total. The van der Waals surface area contributed by atoms with Crippen LogP contribution < -0.4 is 16.8 Å². The lowest BCUT2D eigenvalue weighted by Gasteiger charge is -2.09. The van der Waals surface area contributed by atoms with E-state index < -0.39 is 17.6 Å². The van der Waals surface area contributed by atoms with Gasteiger partial charge in [0, 0.05) is 16.8 Å². The molecule has 5 nitrogen and oxygen atoms in total. The van der Waals surface area contributed by atoms with E-state index in [9.17, 15) is 14.0 Å². The fourth-order valence-corrected chi connectivity index (χ4v) is 1.79. The molecule has 108 valence electrons. The molecule has 2 rings (SSSR count). The second-order valence-electron chi connectivity index (χ2n) is 4.58. The number of nitrogens with two attached hydrogens (primary N) is 2. The Hall–Kier alpha value is -2.89. The number of rotatable bonds is 3. The molecule has 0 saturated heterocycles. The fraction of sp³-hybridized carbons (Fsp3) is 0.0667. The second kappa shape index (κ2) is 5.62. The summed E-state index contributed by atoms with van der Waals surface area (Å²) in [7, 11) is 0. The largest absolute Gasteiger partial charge is 0.399 e. The molecule has 0 fully saturated rings. The number of amides is 2. The summed E-state index contributed by atoms with van der Waals surface area (Å²) in [6, 6.07) is 8.25. The topological polar surface area (TPSA) is 98.2 Å². The van der Waals surface area contributed by atoms with Crippen LogP contribution in [0, 0.1) is 12.7 Å². The Morgan fingerprint density at radius 2 is 1.76 bits per heavy atom. The molecule has 2 aromatic rings. The number of carbonyl (C=O) groups excluding carboxylic acids is 2. The highest BCUT2D eigenvalue weighted by molar-refractivity contribution is 6.05. The lowest BCUT2D eigenvalue weighted by atomic mass is 10.1. The zero-order valence-electron chi connectivity index (χ0n) is 11.3. The molecular formula is C15H14FN3O2. The third-order valence-electron chi connectivity index (χ3n) is 3.03. The summed E-state index contributed by atoms with van der Waals surface area (Å²) < 4.78 is 13.7. The second-order valence-corrected chi connectivity index (χ2v) is 4.58. The monoisotopic (exact) mass is 287 g/mol. The van der Waals surface area contributed by atoms with E-state index in [1.165, 1.54) is 18.2 Å². The Kier molecular flexibility index (Phi) is 3.89. The Balaban J connectivity index is 2.28. The average Bonchev–Trinajstić information content (AvgIpc) is 2.43. The maximum Gasteiger partial charge on any atom is 0.255 e. The lowest BCUT2D eigenvalue weighted by Crippen LogP contribution is -2.16. The summed E-state index contributed by atoms with van der Waals surface area (Å²) in [4.78, 5) is 23.2. The molecule has 21 heavy (non-hydrogen) atoms. The smallest absolute Gasteiger partial charge is 0.255 e. The number of halogens is 1. The molecule has 0 bridgehead atoms. The van der Waals surface area contributed by atoms with E-state index in [0.717, 1.165) is 11.6 Å². The number of nitrogens with one attached hydrogen (secondary N) is 1. The van der Waals surface area contributed by atoms with Crippen LogP contribution >= 0.6 is 0 Å². The number of carbonyl (C=O) groups is 2. The summed E-state index contributed by atoms with van der Waals surface area (Å²) in [6.07, 6.45) is 0. The van der Waals surface area contributed by atoms with E-state index in [1.54, 1.807) is 19.1 Å². The maximum atomic E-state index is 13.7. The molecule has 0 atom stereocenters. The minimum atomic E-state index is -0.700. The number of benzene rings is 2. The Morgan fingerprint density at radius 3 is 2.38 bits per heavy atom. The number of aryl methyl sites for hydroxylation is 1. The van der Waals surface area contributed by atoms with Crippen molar-refractivity contribution in [1.29, 1.82) is 0 Å². The number of hydrogen-bond donors (Lipinski definition) is 3. The quantitative estimate of drug-likeness (QED) is 0.753. The fourth-order valence-electron chi connectivity index (χ4n) is 1.79. The van der Waals surface area contributed by atoms with Crippen LogP contribution in [0.1, 0.15) is 26.3 Å². The van der Waals surface area contributed by atoms with Gasteiger partial charge in [-0.05, 0) is 48.9 Å². The number of anilines is 2. The van der Waals surface area contributed by atoms with Gasteiger partial charge in [-0.15, -0.1) is 0 Å². The molecule has 0 radical (unpaired) electrons. The van der Waals surface area contributed by atoms with E-state index in [-0.39, 0.29) is 11.3 Å². The van der Waals surface area contributed by atoms with Crippen LogP contribution in [0.15, 0.2) is 36.4 Å². The normalized spacial score (nSPS) is 10.2. The van der Waals surface area contributed by atoms with Gasteiger partial charge >= 0.3 is 0 Å². The van der Waals surface area contributed by atoms with Crippen molar-refractivity contribution >= 4 is 23.2 Å². The first-order valence-corrected chi connectivity index (χ1v) is 6.15. The average molecular weight is 287 g/mol. The van der Waals surface area contributed by atoms with Gasteiger partial charge in [-0.2, -0.15) is 0 Å². The number of primary amides is 1. The van der Waals surface area contributed by atoms with E-state index in [1.807, 2.05) is 0 Å². The van der Waals surface area contributed by atoms with Crippen molar-refractivity contribution in [2.45, 2.75) is 6.92 Å². The molecule has 0 heterocycles. The summed E-state index contributed by atoms with van der Waals surface area (Å²) in [6.45, 7) is 1.76. The third kappa shape index (κ3) is 3.17. The van der Waals surface area contributed by atoms with Crippen LogP contribution in [0.2, 0.25) is 0 Å². The van der Waals surface area contributed by atoms with Crippen LogP contribution in [0.3, 0.4) is 0 Å². The van der Waals surface area contributed by atoms with Gasteiger partial charge in [-0.1, -0.05) is 0 Å². The van der Waals surface area contributed by atoms with E-state index in [4.69, 9.17) is 11.5 Å². The number of nitrogen functional groups attached to an aromatic ring is 1. The summed E-state index contributed by atoms with van der Waals surface area (Å²) in [5.74, 6) is -1.85. The predicted octanol–water partition coefficient (Wildman–Crippen LogP) is 2.07. The van der Waals surface area contributed by atoms with Crippen molar-refractivity contribution in [3.63, 3.8) is 0 Å². The highest BCUT2D eigenvalue weighted by Crippen LogP contribution is 2.18. The molecule has 0 aliphatic carbocycles. The minimum absolute atomic E-state index is 0.106. The lowest BCUT2D eigenvalue weighted by molar-refractivity contribution is 0.0996. The Labute approximate surface area is 120 Å². The van der Waals surface area contributed by atoms with Gasteiger partial charge in [0.2, 0.25) is 5.91 Å². The number of hydrogen-bond acceptors (Lipinski definition) is 3. The molecule has 0 unspecified atom stereocenters. The Morgan fingerprint density at radius 1 is 1.10 bits per heavy atom. The van der Waals surface area contributed by atoms with Gasteiger partial charge < -0.3 is 16.8 Å². The molecule has 2 aromatic carbocycles. The highest BCUT2D eigenvalue weighted by atomic mass is 19.1. The molecule has 0 aliphatic heterocycles. The highest BCUT2D eigenvalue weighted by Gasteiger charge is 2.12. The van der Waals surface area contributed by atoms with E-state index in [0.29, 0.717) is 11.3 Å². The van der Waals surface area contributed by atoms with Gasteiger partial charge in [0.25, 0.3) is 5.91 Å². The molecular weight excluding hydrogens is 273 g/mol. The zero-order valence-corrected chi connectivity index (χ0v) is 11.3. The van der Waals surface area contributed by atoms with E-state index >= 15 is 0 Å². The van der Waals surface area contributed by atoms with Crippen LogP contribution in [0.4, 0.5) is 15.8 Å². The summed E-state index contributed by atoms with van der Waals surface area (Å²) >= 11 is 0. The van der Waals surface area contributed by atoms with Crippen molar-refractivity contribution in [1.82, 2.24) is 0 Å². The maximum absolute atomic E-state index is 13.7. The summed E-state index contributed by atoms with van der Waals surface area (Å²) in [5, 5.41) is 2.41. The molecule has 0 aromatic heterocycles. The van der Waals surface area contributed by atoms with Crippen LogP contribution in [-0.4, -0.2) is 11.8 Å². The van der Waals surface area contributed by atoms with Gasteiger partial charge in [0.15, 0.2) is 0 Å². The standard InChI is InChI=1S/C15H14FN3O2/c1-8-6-10(3-5-12(8)17)15(21)19-13-7-9(14(18)20)2-4-11(13)16/h2-7H,17H2,1H3,(H2,18,20)(H,19,21). The zero-order chi connectivity index (χ0) is 15.6. The first kappa shape index (κ1) is 14.5. The van der Waals surface area contributed by atoms with Crippen LogP contribution in [-0.2, 0) is 0 Å².